The van der Waals surface area contributed by atoms with Crippen LogP contribution in [0.1, 0.15) is 29.5 Å². The van der Waals surface area contributed by atoms with Crippen molar-refractivity contribution in [3.8, 4) is 0 Å². The fourth-order valence-electron chi connectivity index (χ4n) is 3.24. The quantitative estimate of drug-likeness (QED) is 0.824. The molecular weight excluding hydrogens is 365 g/mol. The van der Waals surface area contributed by atoms with E-state index in [1.165, 1.54) is 11.6 Å². The summed E-state index contributed by atoms with van der Waals surface area (Å²) in [5, 5.41) is 7.93. The largest absolute Gasteiger partial charge is 0.417 e. The molecule has 0 aliphatic heterocycles. The van der Waals surface area contributed by atoms with Crippen LogP contribution in [0.4, 0.5) is 18.9 Å². The van der Waals surface area contributed by atoms with Gasteiger partial charge in [0.2, 0.25) is 10.0 Å². The number of alkyl halides is 3. The molecule has 8 heteroatoms. The van der Waals surface area contributed by atoms with Gasteiger partial charge in [0.15, 0.2) is 0 Å². The van der Waals surface area contributed by atoms with Crippen LogP contribution in [0.15, 0.2) is 47.4 Å². The summed E-state index contributed by atoms with van der Waals surface area (Å²) in [4.78, 5) is -0.921. The summed E-state index contributed by atoms with van der Waals surface area (Å²) < 4.78 is 62.5. The summed E-state index contributed by atoms with van der Waals surface area (Å²) in [5.41, 5.74) is 1.19. The molecule has 4 nitrogen and oxygen atoms in total. The number of primary sulfonamides is 1. The highest BCUT2D eigenvalue weighted by Crippen LogP contribution is 2.49. The van der Waals surface area contributed by atoms with E-state index in [0.717, 1.165) is 30.5 Å². The molecule has 0 atom stereocenters. The Morgan fingerprint density at radius 1 is 1.15 bits per heavy atom. The van der Waals surface area contributed by atoms with Gasteiger partial charge in [0.05, 0.1) is 10.5 Å². The lowest BCUT2D eigenvalue weighted by atomic mass is 9.92. The van der Waals surface area contributed by atoms with Crippen molar-refractivity contribution in [1.29, 1.82) is 0 Å². The SMILES string of the molecule is Cc1ccccc1C1(CNc2ccc(S(N)(=O)=O)c(C(F)(F)F)c2)CC1. The second-order valence-corrected chi connectivity index (χ2v) is 8.23. The smallest absolute Gasteiger partial charge is 0.384 e. The lowest BCUT2D eigenvalue weighted by molar-refractivity contribution is -0.139. The number of benzene rings is 2. The Bertz CT molecular complexity index is 936. The number of aryl methyl sites for hydroxylation is 1. The second-order valence-electron chi connectivity index (χ2n) is 6.70. The summed E-state index contributed by atoms with van der Waals surface area (Å²) in [6, 6.07) is 11.0. The van der Waals surface area contributed by atoms with E-state index in [2.05, 4.69) is 5.32 Å². The molecule has 1 aliphatic carbocycles. The predicted molar refractivity (Wildman–Crippen MR) is 93.4 cm³/mol. The van der Waals surface area contributed by atoms with Gasteiger partial charge in [0.1, 0.15) is 0 Å². The number of halogens is 3. The zero-order chi connectivity index (χ0) is 19.2. The number of anilines is 1. The van der Waals surface area contributed by atoms with Crippen LogP contribution in [-0.2, 0) is 21.6 Å². The maximum atomic E-state index is 13.2. The van der Waals surface area contributed by atoms with Gasteiger partial charge in [-0.15, -0.1) is 0 Å². The van der Waals surface area contributed by atoms with Crippen LogP contribution in [0.25, 0.3) is 0 Å². The number of nitrogens with two attached hydrogens (primary N) is 1. The van der Waals surface area contributed by atoms with Gasteiger partial charge in [-0.05, 0) is 49.1 Å². The molecule has 0 bridgehead atoms. The van der Waals surface area contributed by atoms with E-state index in [1.54, 1.807) is 0 Å². The minimum Gasteiger partial charge on any atom is -0.384 e. The highest BCUT2D eigenvalue weighted by atomic mass is 32.2. The van der Waals surface area contributed by atoms with Crippen molar-refractivity contribution in [1.82, 2.24) is 0 Å². The molecule has 3 N–H and O–H groups in total. The van der Waals surface area contributed by atoms with Gasteiger partial charge in [0, 0.05) is 17.6 Å². The van der Waals surface area contributed by atoms with Crippen molar-refractivity contribution in [3.63, 3.8) is 0 Å². The fraction of sp³-hybridized carbons (Fsp3) is 0.333. The van der Waals surface area contributed by atoms with Gasteiger partial charge < -0.3 is 5.32 Å². The number of rotatable bonds is 5. The zero-order valence-corrected chi connectivity index (χ0v) is 14.9. The molecule has 1 fully saturated rings. The first-order valence-electron chi connectivity index (χ1n) is 8.07. The number of hydrogen-bond acceptors (Lipinski definition) is 3. The molecule has 0 aromatic heterocycles. The Morgan fingerprint density at radius 2 is 1.81 bits per heavy atom. The van der Waals surface area contributed by atoms with Crippen molar-refractivity contribution in [2.24, 2.45) is 5.14 Å². The minimum absolute atomic E-state index is 0.0949. The minimum atomic E-state index is -4.81. The van der Waals surface area contributed by atoms with Crippen LogP contribution >= 0.6 is 0 Å². The van der Waals surface area contributed by atoms with Crippen LogP contribution in [0.3, 0.4) is 0 Å². The molecular formula is C18H19F3N2O2S. The molecule has 140 valence electrons. The molecule has 0 amide bonds. The molecule has 26 heavy (non-hydrogen) atoms. The number of sulfonamides is 1. The second kappa shape index (κ2) is 6.28. The van der Waals surface area contributed by atoms with Crippen LogP contribution in [-0.4, -0.2) is 15.0 Å². The molecule has 0 spiro atoms. The first-order chi connectivity index (χ1) is 12.0. The Kier molecular flexibility index (Phi) is 4.52. The van der Waals surface area contributed by atoms with Gasteiger partial charge in [-0.25, -0.2) is 13.6 Å². The average Bonchev–Trinajstić information content (AvgIpc) is 3.32. The Hall–Kier alpha value is -2.06. The standard InChI is InChI=1S/C18H19F3N2O2S/c1-12-4-2-3-5-14(12)17(8-9-17)11-23-13-6-7-16(26(22,24)25)15(10-13)18(19,20)21/h2-7,10,23H,8-9,11H2,1H3,(H2,22,24,25). The lowest BCUT2D eigenvalue weighted by Gasteiger charge is -2.20. The van der Waals surface area contributed by atoms with Gasteiger partial charge in [0.25, 0.3) is 0 Å². The molecule has 2 aromatic rings. The maximum Gasteiger partial charge on any atom is 0.417 e. The Morgan fingerprint density at radius 3 is 2.35 bits per heavy atom. The van der Waals surface area contributed by atoms with Crippen LogP contribution in [0.2, 0.25) is 0 Å². The van der Waals surface area contributed by atoms with Gasteiger partial charge >= 0.3 is 6.18 Å². The summed E-state index contributed by atoms with van der Waals surface area (Å²) in [5.74, 6) is 0. The molecule has 0 heterocycles. The molecule has 0 unspecified atom stereocenters. The molecule has 2 aromatic carbocycles. The summed E-state index contributed by atoms with van der Waals surface area (Å²) in [6.45, 7) is 2.49. The van der Waals surface area contributed by atoms with E-state index >= 15 is 0 Å². The topological polar surface area (TPSA) is 72.2 Å². The van der Waals surface area contributed by atoms with Crippen molar-refractivity contribution >= 4 is 15.7 Å². The van der Waals surface area contributed by atoms with Gasteiger partial charge in [-0.2, -0.15) is 13.2 Å². The molecule has 1 saturated carbocycles. The third-order valence-corrected chi connectivity index (χ3v) is 5.76. The molecule has 3 rings (SSSR count). The van der Waals surface area contributed by atoms with E-state index < -0.39 is 26.7 Å². The lowest BCUT2D eigenvalue weighted by Crippen LogP contribution is -2.22. The van der Waals surface area contributed by atoms with Crippen LogP contribution in [0.5, 0.6) is 0 Å². The summed E-state index contributed by atoms with van der Waals surface area (Å²) in [6.07, 6.45) is -2.91. The fourth-order valence-corrected chi connectivity index (χ4v) is 3.98. The van der Waals surface area contributed by atoms with Crippen molar-refractivity contribution in [2.75, 3.05) is 11.9 Å². The van der Waals surface area contributed by atoms with E-state index in [1.807, 2.05) is 31.2 Å². The van der Waals surface area contributed by atoms with Gasteiger partial charge in [-0.1, -0.05) is 24.3 Å². The van der Waals surface area contributed by atoms with E-state index in [-0.39, 0.29) is 11.1 Å². The molecule has 0 saturated heterocycles. The number of hydrogen-bond donors (Lipinski definition) is 2. The highest BCUT2D eigenvalue weighted by Gasteiger charge is 2.45. The van der Waals surface area contributed by atoms with E-state index in [0.29, 0.717) is 6.54 Å². The first kappa shape index (κ1) is 18.7. The van der Waals surface area contributed by atoms with Crippen molar-refractivity contribution in [3.05, 3.63) is 59.2 Å². The summed E-state index contributed by atoms with van der Waals surface area (Å²) in [7, 11) is -4.46. The Labute approximate surface area is 150 Å². The van der Waals surface area contributed by atoms with Crippen LogP contribution < -0.4 is 10.5 Å². The molecule has 0 radical (unpaired) electrons. The van der Waals surface area contributed by atoms with Crippen LogP contribution in [0, 0.1) is 6.92 Å². The van der Waals surface area contributed by atoms with Crippen molar-refractivity contribution in [2.45, 2.75) is 36.3 Å². The number of nitrogens with one attached hydrogen (secondary N) is 1. The maximum absolute atomic E-state index is 13.2. The van der Waals surface area contributed by atoms with E-state index in [4.69, 9.17) is 5.14 Å². The third kappa shape index (κ3) is 3.71. The highest BCUT2D eigenvalue weighted by molar-refractivity contribution is 7.89. The normalized spacial score (nSPS) is 16.3. The predicted octanol–water partition coefficient (Wildman–Crippen LogP) is 3.80. The van der Waals surface area contributed by atoms with Crippen molar-refractivity contribution < 1.29 is 21.6 Å². The van der Waals surface area contributed by atoms with E-state index in [9.17, 15) is 21.6 Å². The van der Waals surface area contributed by atoms with Gasteiger partial charge in [-0.3, -0.25) is 0 Å². The summed E-state index contributed by atoms with van der Waals surface area (Å²) >= 11 is 0. The first-order valence-corrected chi connectivity index (χ1v) is 9.62. The zero-order valence-electron chi connectivity index (χ0n) is 14.1. The average molecular weight is 384 g/mol. The monoisotopic (exact) mass is 384 g/mol. The third-order valence-electron chi connectivity index (χ3n) is 4.79. The molecule has 1 aliphatic rings. The Balaban J connectivity index is 1.87.